The predicted octanol–water partition coefficient (Wildman–Crippen LogP) is 3.27. The van der Waals surface area contributed by atoms with Crippen LogP contribution in [-0.4, -0.2) is 72.0 Å². The standard InChI is InChI=1S/C27H32ClN5O4S/c1-37-22-9-5-20(6-10-22)30-24(34)17-23-26(36)33(21-7-3-19(28)4-8-21)27(38)32(23)14-2-13-31-15-11-18(12-16-31)25(29)35/h3-10,18,23H,2,11-17H2,1H3,(H2,29,35)(H,30,34)/t23-/m1/s1. The van der Waals surface area contributed by atoms with Gasteiger partial charge in [-0.05, 0) is 99.6 Å². The number of nitrogens with two attached hydrogens (primary N) is 1. The molecular weight excluding hydrogens is 526 g/mol. The van der Waals surface area contributed by atoms with Crippen LogP contribution in [0.4, 0.5) is 11.4 Å². The number of benzene rings is 2. The van der Waals surface area contributed by atoms with Crippen LogP contribution in [0.2, 0.25) is 5.02 Å². The summed E-state index contributed by atoms with van der Waals surface area (Å²) in [4.78, 5) is 43.6. The van der Waals surface area contributed by atoms with Crippen molar-refractivity contribution in [3.05, 3.63) is 53.6 Å². The van der Waals surface area contributed by atoms with Crippen LogP contribution >= 0.6 is 23.8 Å². The fourth-order valence-corrected chi connectivity index (χ4v) is 5.42. The average Bonchev–Trinajstić information content (AvgIpc) is 3.14. The first-order chi connectivity index (χ1) is 18.3. The van der Waals surface area contributed by atoms with Gasteiger partial charge in [0, 0.05) is 23.2 Å². The van der Waals surface area contributed by atoms with Gasteiger partial charge in [-0.25, -0.2) is 0 Å². The van der Waals surface area contributed by atoms with Gasteiger partial charge in [-0.2, -0.15) is 0 Å². The number of likely N-dealkylation sites (tertiary alicyclic amines) is 1. The molecule has 38 heavy (non-hydrogen) atoms. The van der Waals surface area contributed by atoms with Crippen LogP contribution in [0.25, 0.3) is 0 Å². The lowest BCUT2D eigenvalue weighted by Gasteiger charge is -2.31. The van der Waals surface area contributed by atoms with Crippen molar-refractivity contribution in [2.45, 2.75) is 31.7 Å². The third-order valence-corrected chi connectivity index (χ3v) is 7.69. The van der Waals surface area contributed by atoms with Gasteiger partial charge >= 0.3 is 0 Å². The number of primary amides is 1. The van der Waals surface area contributed by atoms with Gasteiger partial charge in [0.15, 0.2) is 5.11 Å². The van der Waals surface area contributed by atoms with E-state index in [9.17, 15) is 14.4 Å². The molecule has 2 aromatic carbocycles. The van der Waals surface area contributed by atoms with Crippen molar-refractivity contribution < 1.29 is 19.1 Å². The monoisotopic (exact) mass is 557 g/mol. The molecule has 0 saturated carbocycles. The lowest BCUT2D eigenvalue weighted by Crippen LogP contribution is -2.41. The summed E-state index contributed by atoms with van der Waals surface area (Å²) in [5.74, 6) is -0.139. The Bertz CT molecular complexity index is 1170. The van der Waals surface area contributed by atoms with Crippen molar-refractivity contribution in [3.63, 3.8) is 0 Å². The van der Waals surface area contributed by atoms with Gasteiger partial charge in [-0.1, -0.05) is 11.6 Å². The molecule has 11 heteroatoms. The molecule has 3 amide bonds. The second kappa shape index (κ2) is 12.6. The second-order valence-electron chi connectivity index (χ2n) is 9.49. The number of halogens is 1. The van der Waals surface area contributed by atoms with E-state index in [1.54, 1.807) is 55.6 Å². The van der Waals surface area contributed by atoms with Crippen molar-refractivity contribution in [2.24, 2.45) is 11.7 Å². The van der Waals surface area contributed by atoms with Crippen LogP contribution in [0.1, 0.15) is 25.7 Å². The Hall–Kier alpha value is -3.21. The third-order valence-electron chi connectivity index (χ3n) is 7.02. The maximum atomic E-state index is 13.6. The lowest BCUT2D eigenvalue weighted by atomic mass is 9.96. The smallest absolute Gasteiger partial charge is 0.256 e. The maximum absolute atomic E-state index is 13.6. The number of ether oxygens (including phenoxy) is 1. The lowest BCUT2D eigenvalue weighted by molar-refractivity contribution is -0.124. The fourth-order valence-electron chi connectivity index (χ4n) is 4.88. The Balaban J connectivity index is 1.43. The van der Waals surface area contributed by atoms with E-state index in [-0.39, 0.29) is 30.1 Å². The Morgan fingerprint density at radius 2 is 1.74 bits per heavy atom. The molecule has 1 atom stereocenters. The van der Waals surface area contributed by atoms with Crippen LogP contribution in [0.3, 0.4) is 0 Å². The predicted molar refractivity (Wildman–Crippen MR) is 151 cm³/mol. The van der Waals surface area contributed by atoms with E-state index in [1.165, 1.54) is 4.90 Å². The molecule has 2 heterocycles. The Kier molecular flexibility index (Phi) is 9.19. The van der Waals surface area contributed by atoms with E-state index >= 15 is 0 Å². The van der Waals surface area contributed by atoms with Crippen molar-refractivity contribution in [2.75, 3.05) is 43.5 Å². The van der Waals surface area contributed by atoms with E-state index in [0.29, 0.717) is 33.8 Å². The SMILES string of the molecule is COc1ccc(NC(=O)C[C@@H]2C(=O)N(c3ccc(Cl)cc3)C(=S)N2CCCN2CCC(C(N)=O)CC2)cc1. The molecule has 2 aromatic rings. The number of hydrogen-bond acceptors (Lipinski definition) is 6. The average molecular weight is 558 g/mol. The highest BCUT2D eigenvalue weighted by molar-refractivity contribution is 7.80. The highest BCUT2D eigenvalue weighted by Crippen LogP contribution is 2.29. The number of hydrogen-bond donors (Lipinski definition) is 2. The molecule has 2 aliphatic heterocycles. The largest absolute Gasteiger partial charge is 0.497 e. The van der Waals surface area contributed by atoms with Crippen LogP contribution in [0.15, 0.2) is 48.5 Å². The first-order valence-corrected chi connectivity index (χ1v) is 13.4. The molecule has 202 valence electrons. The van der Waals surface area contributed by atoms with Gasteiger partial charge in [-0.15, -0.1) is 0 Å². The molecule has 2 saturated heterocycles. The number of anilines is 2. The summed E-state index contributed by atoms with van der Waals surface area (Å²) in [5.41, 5.74) is 6.68. The summed E-state index contributed by atoms with van der Waals surface area (Å²) >= 11 is 11.8. The van der Waals surface area contributed by atoms with Crippen LogP contribution in [0, 0.1) is 5.92 Å². The van der Waals surface area contributed by atoms with Gasteiger partial charge in [0.25, 0.3) is 5.91 Å². The summed E-state index contributed by atoms with van der Waals surface area (Å²) in [6, 6.07) is 13.2. The summed E-state index contributed by atoms with van der Waals surface area (Å²) in [6.07, 6.45) is 2.22. The number of nitrogens with zero attached hydrogens (tertiary/aromatic N) is 3. The topological polar surface area (TPSA) is 108 Å². The van der Waals surface area contributed by atoms with Crippen molar-refractivity contribution >= 4 is 58.0 Å². The van der Waals surface area contributed by atoms with Crippen molar-refractivity contribution in [1.82, 2.24) is 9.80 Å². The summed E-state index contributed by atoms with van der Waals surface area (Å²) < 4.78 is 5.16. The highest BCUT2D eigenvalue weighted by atomic mass is 35.5. The molecule has 0 unspecified atom stereocenters. The number of carbonyl (C=O) groups excluding carboxylic acids is 3. The Morgan fingerprint density at radius 1 is 1.08 bits per heavy atom. The molecule has 2 fully saturated rings. The second-order valence-corrected chi connectivity index (χ2v) is 10.3. The van der Waals surface area contributed by atoms with Crippen molar-refractivity contribution in [3.8, 4) is 5.75 Å². The number of methoxy groups -OCH3 is 1. The third kappa shape index (κ3) is 6.61. The van der Waals surface area contributed by atoms with Gasteiger partial charge in [-0.3, -0.25) is 19.3 Å². The van der Waals surface area contributed by atoms with Crippen LogP contribution in [-0.2, 0) is 14.4 Å². The maximum Gasteiger partial charge on any atom is 0.256 e. The number of nitrogens with one attached hydrogen (secondary N) is 1. The van der Waals surface area contributed by atoms with E-state index in [0.717, 1.165) is 38.9 Å². The number of piperidine rings is 1. The zero-order chi connectivity index (χ0) is 27.2. The minimum Gasteiger partial charge on any atom is -0.497 e. The molecule has 0 bridgehead atoms. The van der Waals surface area contributed by atoms with E-state index in [1.807, 2.05) is 4.90 Å². The Labute approximate surface area is 232 Å². The molecule has 0 aromatic heterocycles. The quantitative estimate of drug-likeness (QED) is 0.432. The summed E-state index contributed by atoms with van der Waals surface area (Å²) in [7, 11) is 1.58. The first-order valence-electron chi connectivity index (χ1n) is 12.6. The fraction of sp³-hybridized carbons (Fsp3) is 0.407. The first kappa shape index (κ1) is 27.8. The normalized spacial score (nSPS) is 18.6. The number of rotatable bonds is 10. The van der Waals surface area contributed by atoms with Gasteiger partial charge in [0.1, 0.15) is 11.8 Å². The molecular formula is C27H32ClN5O4S. The number of amides is 3. The molecule has 0 aliphatic carbocycles. The van der Waals surface area contributed by atoms with Crippen LogP contribution in [0.5, 0.6) is 5.75 Å². The molecule has 2 aliphatic rings. The zero-order valence-corrected chi connectivity index (χ0v) is 22.8. The van der Waals surface area contributed by atoms with E-state index in [4.69, 9.17) is 34.3 Å². The minimum atomic E-state index is -0.725. The Morgan fingerprint density at radius 3 is 2.34 bits per heavy atom. The van der Waals surface area contributed by atoms with Crippen molar-refractivity contribution in [1.29, 1.82) is 0 Å². The molecule has 0 spiro atoms. The summed E-state index contributed by atoms with van der Waals surface area (Å²) in [6.45, 7) is 2.93. The van der Waals surface area contributed by atoms with Gasteiger partial charge < -0.3 is 25.6 Å². The number of carbonyl (C=O) groups is 3. The summed E-state index contributed by atoms with van der Waals surface area (Å²) in [5, 5.41) is 3.78. The molecule has 0 radical (unpaired) electrons. The van der Waals surface area contributed by atoms with Gasteiger partial charge in [0.2, 0.25) is 11.8 Å². The number of thiocarbonyl (C=S) groups is 1. The van der Waals surface area contributed by atoms with E-state index < -0.39 is 6.04 Å². The molecule has 4 rings (SSSR count). The van der Waals surface area contributed by atoms with Gasteiger partial charge in [0.05, 0.1) is 19.2 Å². The van der Waals surface area contributed by atoms with Crippen LogP contribution < -0.4 is 20.7 Å². The molecule has 9 nitrogen and oxygen atoms in total. The van der Waals surface area contributed by atoms with E-state index in [2.05, 4.69) is 10.2 Å². The minimum absolute atomic E-state index is 0.0426. The highest BCUT2D eigenvalue weighted by Gasteiger charge is 2.44. The zero-order valence-electron chi connectivity index (χ0n) is 21.3. The molecule has 3 N–H and O–H groups in total.